The van der Waals surface area contributed by atoms with Crippen LogP contribution in [-0.4, -0.2) is 19.5 Å². The van der Waals surface area contributed by atoms with Crippen LogP contribution in [-0.2, 0) is 0 Å². The number of aromatic nitrogens is 4. The summed E-state index contributed by atoms with van der Waals surface area (Å²) in [5.41, 5.74) is 16.9. The molecule has 12 rings (SSSR count). The number of hydrogen-bond donors (Lipinski definition) is 0. The third-order valence-corrected chi connectivity index (χ3v) is 13.3. The second-order valence-corrected chi connectivity index (χ2v) is 18.1. The van der Waals surface area contributed by atoms with E-state index < -0.39 is 0 Å². The van der Waals surface area contributed by atoms with E-state index in [-0.39, 0.29) is 0 Å². The molecule has 5 aromatic heterocycles. The lowest BCUT2D eigenvalue weighted by atomic mass is 9.94. The van der Waals surface area contributed by atoms with Crippen LogP contribution >= 0.6 is 11.3 Å². The maximum Gasteiger partial charge on any atom is 0.0708 e. The Bertz CT molecular complexity index is 3580. The number of nitrogens with zero attached hydrogens (tertiary/aromatic N) is 4. The van der Waals surface area contributed by atoms with Crippen LogP contribution in [0.2, 0.25) is 0 Å². The second kappa shape index (κ2) is 22.3. The molecule has 7 aromatic carbocycles. The second-order valence-electron chi connectivity index (χ2n) is 17.0. The van der Waals surface area contributed by atoms with E-state index in [2.05, 4.69) is 181 Å². The molecule has 0 N–H and O–H groups in total. The van der Waals surface area contributed by atoms with Crippen LogP contribution in [0.15, 0.2) is 249 Å². The SMILES string of the molecule is C=C(C)/C=C\C.CC.Cc1ccc2sc3ccc(-n4c5ccc(-c6ccccc6-c6ccccn6)cc5c5cc(-c6ccccc6-c6ccccn6)ccc54)cc3c2c1.c1ccc(-c2ccccn2)cc1. The summed E-state index contributed by atoms with van der Waals surface area (Å²) in [4.78, 5) is 13.7. The van der Waals surface area contributed by atoms with E-state index in [0.717, 1.165) is 67.3 Å². The van der Waals surface area contributed by atoms with E-state index in [0.29, 0.717) is 0 Å². The zero-order valence-electron chi connectivity index (χ0n) is 40.9. The number of aryl methyl sites for hydroxylation is 1. The van der Waals surface area contributed by atoms with Gasteiger partial charge in [0.15, 0.2) is 0 Å². The number of allylic oxidation sites excluding steroid dienone is 3. The Morgan fingerprint density at radius 1 is 0.451 bits per heavy atom. The fourth-order valence-corrected chi connectivity index (χ4v) is 10.1. The first-order chi connectivity index (χ1) is 34.9. The van der Waals surface area contributed by atoms with Gasteiger partial charge in [-0.1, -0.05) is 159 Å². The fraction of sp³-hybridized carbons (Fsp3) is 0.0758. The van der Waals surface area contributed by atoms with Crippen molar-refractivity contribution in [2.45, 2.75) is 34.6 Å². The summed E-state index contributed by atoms with van der Waals surface area (Å²) in [7, 11) is 0. The van der Waals surface area contributed by atoms with E-state index in [1.165, 1.54) is 47.5 Å². The maximum atomic E-state index is 4.71. The van der Waals surface area contributed by atoms with Crippen molar-refractivity contribution in [1.82, 2.24) is 19.5 Å². The van der Waals surface area contributed by atoms with Gasteiger partial charge >= 0.3 is 0 Å². The molecule has 0 saturated heterocycles. The van der Waals surface area contributed by atoms with Crippen molar-refractivity contribution >= 4 is 53.3 Å². The molecule has 0 spiro atoms. The van der Waals surface area contributed by atoms with Crippen molar-refractivity contribution in [3.63, 3.8) is 0 Å². The molecule has 0 bridgehead atoms. The number of pyridine rings is 3. The van der Waals surface area contributed by atoms with Gasteiger partial charge in [-0.3, -0.25) is 15.0 Å². The summed E-state index contributed by atoms with van der Waals surface area (Å²) in [5.74, 6) is 0. The average Bonchev–Trinajstić information content (AvgIpc) is 3.96. The molecule has 4 nitrogen and oxygen atoms in total. The lowest BCUT2D eigenvalue weighted by molar-refractivity contribution is 1.19. The van der Waals surface area contributed by atoms with E-state index >= 15 is 0 Å². The van der Waals surface area contributed by atoms with Crippen molar-refractivity contribution in [3.05, 3.63) is 255 Å². The van der Waals surface area contributed by atoms with Crippen molar-refractivity contribution in [2.24, 2.45) is 0 Å². The fourth-order valence-electron chi connectivity index (χ4n) is 9.04. The highest BCUT2D eigenvalue weighted by Gasteiger charge is 2.18. The number of benzene rings is 7. The van der Waals surface area contributed by atoms with Crippen LogP contribution in [0.4, 0.5) is 0 Å². The highest BCUT2D eigenvalue weighted by atomic mass is 32.1. The molecule has 0 aliphatic rings. The molecule has 5 heteroatoms. The molecule has 12 aromatic rings. The van der Waals surface area contributed by atoms with Gasteiger partial charge in [0.1, 0.15) is 0 Å². The van der Waals surface area contributed by atoms with Gasteiger partial charge in [-0.2, -0.15) is 0 Å². The van der Waals surface area contributed by atoms with Crippen LogP contribution in [0.25, 0.3) is 104 Å². The van der Waals surface area contributed by atoms with Crippen LogP contribution < -0.4 is 0 Å². The van der Waals surface area contributed by atoms with Crippen LogP contribution in [0.5, 0.6) is 0 Å². The third-order valence-electron chi connectivity index (χ3n) is 12.2. The number of rotatable bonds is 7. The Balaban J connectivity index is 0.000000262. The monoisotopic (exact) mass is 936 g/mol. The molecule has 5 heterocycles. The summed E-state index contributed by atoms with van der Waals surface area (Å²) >= 11 is 1.86. The molecule has 0 saturated carbocycles. The Morgan fingerprint density at radius 3 is 1.39 bits per heavy atom. The number of fused-ring (bicyclic) bond motifs is 6. The highest BCUT2D eigenvalue weighted by Crippen LogP contribution is 2.42. The Hall–Kier alpha value is -8.51. The summed E-state index contributed by atoms with van der Waals surface area (Å²) in [6, 6.07) is 73.0. The molecule has 0 unspecified atom stereocenters. The maximum absolute atomic E-state index is 4.71. The largest absolute Gasteiger partial charge is 0.309 e. The topological polar surface area (TPSA) is 43.6 Å². The van der Waals surface area contributed by atoms with E-state index in [1.54, 1.807) is 0 Å². The average molecular weight is 937 g/mol. The third kappa shape index (κ3) is 10.4. The summed E-state index contributed by atoms with van der Waals surface area (Å²) in [5, 5.41) is 5.04. The molecule has 0 fully saturated rings. The minimum atomic E-state index is 0.968. The Kier molecular flexibility index (Phi) is 14.9. The van der Waals surface area contributed by atoms with Crippen molar-refractivity contribution in [3.8, 4) is 61.7 Å². The van der Waals surface area contributed by atoms with Gasteiger partial charge < -0.3 is 4.57 Å². The van der Waals surface area contributed by atoms with Gasteiger partial charge in [-0.05, 0) is 134 Å². The zero-order chi connectivity index (χ0) is 49.1. The first-order valence-corrected chi connectivity index (χ1v) is 25.0. The van der Waals surface area contributed by atoms with Crippen LogP contribution in [0.3, 0.4) is 0 Å². The van der Waals surface area contributed by atoms with Gasteiger partial charge in [-0.15, -0.1) is 11.3 Å². The normalized spacial score (nSPS) is 10.9. The van der Waals surface area contributed by atoms with E-state index in [9.17, 15) is 0 Å². The first-order valence-electron chi connectivity index (χ1n) is 24.2. The van der Waals surface area contributed by atoms with Gasteiger partial charge in [0.2, 0.25) is 0 Å². The van der Waals surface area contributed by atoms with Crippen molar-refractivity contribution in [1.29, 1.82) is 0 Å². The minimum absolute atomic E-state index is 0.968. The van der Waals surface area contributed by atoms with E-state index in [4.69, 9.17) is 9.97 Å². The van der Waals surface area contributed by atoms with Gasteiger partial charge in [-0.25, -0.2) is 0 Å². The standard InChI is InChI=1S/C47H31N3S.C11H9N.C6H10.C2H6/c1-30-16-22-46-40(26-30)41-29-33(19-23-47(41)51-46)50-44-20-17-31(34-10-2-4-12-36(34)42-14-6-8-24-48-42)27-38(44)39-28-32(18-21-45(39)50)35-11-3-5-13-37(35)43-15-7-9-25-49-43;1-2-6-10(7-3-1)11-8-4-5-9-12-11;1-4-5-6(2)3;1-2/h2-29H,1H3;1-9H;4-5H,2H2,1,3H3;1-2H3/b;;5-4-;. The number of hydrogen-bond acceptors (Lipinski definition) is 4. The zero-order valence-corrected chi connectivity index (χ0v) is 41.7. The summed E-state index contributed by atoms with van der Waals surface area (Å²) < 4.78 is 5.07. The Labute approximate surface area is 421 Å². The predicted molar refractivity (Wildman–Crippen MR) is 306 cm³/mol. The summed E-state index contributed by atoms with van der Waals surface area (Å²) in [6.45, 7) is 13.8. The minimum Gasteiger partial charge on any atom is -0.309 e. The first kappa shape index (κ1) is 47.6. The van der Waals surface area contributed by atoms with E-state index in [1.807, 2.05) is 118 Å². The lowest BCUT2D eigenvalue weighted by Gasteiger charge is -2.11. The molecular formula is C66H56N4S. The quantitative estimate of drug-likeness (QED) is 0.150. The van der Waals surface area contributed by atoms with Crippen LogP contribution in [0.1, 0.15) is 33.3 Å². The highest BCUT2D eigenvalue weighted by molar-refractivity contribution is 7.25. The van der Waals surface area contributed by atoms with Gasteiger partial charge in [0.05, 0.1) is 28.1 Å². The number of thiophene rings is 1. The smallest absolute Gasteiger partial charge is 0.0708 e. The lowest BCUT2D eigenvalue weighted by Crippen LogP contribution is -1.94. The summed E-state index contributed by atoms with van der Waals surface area (Å²) in [6.07, 6.45) is 9.48. The van der Waals surface area contributed by atoms with Crippen molar-refractivity contribution in [2.75, 3.05) is 0 Å². The van der Waals surface area contributed by atoms with Crippen LogP contribution in [0, 0.1) is 6.92 Å². The molecule has 0 amide bonds. The molecule has 0 aliphatic carbocycles. The molecule has 71 heavy (non-hydrogen) atoms. The molecular weight excluding hydrogens is 881 g/mol. The molecule has 346 valence electrons. The van der Waals surface area contributed by atoms with Crippen molar-refractivity contribution < 1.29 is 0 Å². The Morgan fingerprint density at radius 2 is 0.915 bits per heavy atom. The van der Waals surface area contributed by atoms with Gasteiger partial charge in [0, 0.05) is 71.9 Å². The molecule has 0 atom stereocenters. The molecule has 0 aliphatic heterocycles. The van der Waals surface area contributed by atoms with Gasteiger partial charge in [0.25, 0.3) is 0 Å². The molecule has 0 radical (unpaired) electrons. The predicted octanol–water partition coefficient (Wildman–Crippen LogP) is 18.8.